The summed E-state index contributed by atoms with van der Waals surface area (Å²) in [6.07, 6.45) is 0.859. The number of hydrogen-bond acceptors (Lipinski definition) is 4. The lowest BCUT2D eigenvalue weighted by molar-refractivity contribution is -0.171. The van der Waals surface area contributed by atoms with Crippen LogP contribution in [-0.4, -0.2) is 36.9 Å². The van der Waals surface area contributed by atoms with Crippen molar-refractivity contribution in [3.05, 3.63) is 0 Å². The minimum absolute atomic E-state index is 0.0366. The van der Waals surface area contributed by atoms with Crippen LogP contribution in [0.4, 0.5) is 0 Å². The van der Waals surface area contributed by atoms with Crippen molar-refractivity contribution in [2.75, 3.05) is 19.8 Å². The predicted molar refractivity (Wildman–Crippen MR) is 55.5 cm³/mol. The molecule has 86 valence electrons. The molecule has 1 spiro atoms. The molecular formula is C11H19NO3. The second-order valence-electron chi connectivity index (χ2n) is 5.45. The van der Waals surface area contributed by atoms with Gasteiger partial charge in [-0.2, -0.15) is 0 Å². The van der Waals surface area contributed by atoms with Crippen molar-refractivity contribution in [3.63, 3.8) is 0 Å². The minimum atomic E-state index is -0.397. The highest BCUT2D eigenvalue weighted by atomic mass is 16.6. The first-order valence-corrected chi connectivity index (χ1v) is 5.49. The van der Waals surface area contributed by atoms with Crippen molar-refractivity contribution >= 4 is 5.97 Å². The largest absolute Gasteiger partial charge is 0.460 e. The molecule has 0 bridgehead atoms. The maximum absolute atomic E-state index is 12.0. The first-order valence-electron chi connectivity index (χ1n) is 5.49. The van der Waals surface area contributed by atoms with Crippen LogP contribution in [0.15, 0.2) is 0 Å². The molecule has 2 saturated heterocycles. The molecule has 0 aromatic rings. The number of carbonyl (C=O) groups excluding carboxylic acids is 1. The van der Waals surface area contributed by atoms with Gasteiger partial charge in [-0.1, -0.05) is 0 Å². The molecule has 0 aromatic heterocycles. The van der Waals surface area contributed by atoms with Gasteiger partial charge < -0.3 is 14.8 Å². The Labute approximate surface area is 90.3 Å². The molecule has 4 nitrogen and oxygen atoms in total. The van der Waals surface area contributed by atoms with E-state index in [1.807, 2.05) is 20.8 Å². The van der Waals surface area contributed by atoms with E-state index in [1.165, 1.54) is 0 Å². The van der Waals surface area contributed by atoms with E-state index < -0.39 is 5.60 Å². The molecule has 4 heteroatoms. The van der Waals surface area contributed by atoms with Crippen LogP contribution in [0.25, 0.3) is 0 Å². The van der Waals surface area contributed by atoms with Gasteiger partial charge in [0.2, 0.25) is 0 Å². The molecule has 0 amide bonds. The van der Waals surface area contributed by atoms with Gasteiger partial charge >= 0.3 is 5.97 Å². The molecule has 2 heterocycles. The molecular weight excluding hydrogens is 194 g/mol. The monoisotopic (exact) mass is 213 g/mol. The van der Waals surface area contributed by atoms with Gasteiger partial charge in [-0.15, -0.1) is 0 Å². The summed E-state index contributed by atoms with van der Waals surface area (Å²) in [5, 5.41) is 3.36. The average molecular weight is 213 g/mol. The standard InChI is InChI=1S/C11H19NO3/c1-10(2,3)15-9(13)8-4-5-12-11(8)6-14-7-11/h8,12H,4-7H2,1-3H3. The van der Waals surface area contributed by atoms with Gasteiger partial charge in [-0.05, 0) is 33.7 Å². The first-order chi connectivity index (χ1) is 6.93. The number of rotatable bonds is 1. The van der Waals surface area contributed by atoms with E-state index in [-0.39, 0.29) is 17.4 Å². The smallest absolute Gasteiger partial charge is 0.311 e. The molecule has 2 rings (SSSR count). The number of nitrogens with one attached hydrogen (secondary N) is 1. The van der Waals surface area contributed by atoms with Crippen molar-refractivity contribution in [2.24, 2.45) is 5.92 Å². The fourth-order valence-corrected chi connectivity index (χ4v) is 2.21. The first kappa shape index (κ1) is 10.9. The van der Waals surface area contributed by atoms with Gasteiger partial charge in [0, 0.05) is 0 Å². The van der Waals surface area contributed by atoms with Crippen LogP contribution in [0, 0.1) is 5.92 Å². The second-order valence-corrected chi connectivity index (χ2v) is 5.45. The average Bonchev–Trinajstić information content (AvgIpc) is 2.42. The Kier molecular flexibility index (Phi) is 2.51. The van der Waals surface area contributed by atoms with Crippen LogP contribution in [0.2, 0.25) is 0 Å². The van der Waals surface area contributed by atoms with Crippen LogP contribution in [-0.2, 0) is 14.3 Å². The summed E-state index contributed by atoms with van der Waals surface area (Å²) in [6.45, 7) is 7.85. The van der Waals surface area contributed by atoms with Crippen LogP contribution in [0.3, 0.4) is 0 Å². The normalized spacial score (nSPS) is 28.9. The van der Waals surface area contributed by atoms with Crippen molar-refractivity contribution in [2.45, 2.75) is 38.3 Å². The van der Waals surface area contributed by atoms with Crippen molar-refractivity contribution in [3.8, 4) is 0 Å². The number of carbonyl (C=O) groups is 1. The predicted octanol–water partition coefficient (Wildman–Crippen LogP) is 0.707. The van der Waals surface area contributed by atoms with E-state index in [0.29, 0.717) is 13.2 Å². The Morgan fingerprint density at radius 1 is 1.47 bits per heavy atom. The number of esters is 1. The van der Waals surface area contributed by atoms with E-state index in [2.05, 4.69) is 5.32 Å². The fraction of sp³-hybridized carbons (Fsp3) is 0.909. The summed E-state index contributed by atoms with van der Waals surface area (Å²) in [7, 11) is 0. The maximum atomic E-state index is 12.0. The lowest BCUT2D eigenvalue weighted by Crippen LogP contribution is -2.62. The Hall–Kier alpha value is -0.610. The summed E-state index contributed by atoms with van der Waals surface area (Å²) >= 11 is 0. The Bertz CT molecular complexity index is 265. The van der Waals surface area contributed by atoms with Crippen LogP contribution >= 0.6 is 0 Å². The third-order valence-electron chi connectivity index (χ3n) is 2.99. The van der Waals surface area contributed by atoms with Gasteiger partial charge in [0.1, 0.15) is 5.60 Å². The number of ether oxygens (including phenoxy) is 2. The Balaban J connectivity index is 2.01. The molecule has 2 aliphatic rings. The Morgan fingerprint density at radius 2 is 2.13 bits per heavy atom. The topological polar surface area (TPSA) is 47.6 Å². The zero-order chi connectivity index (χ0) is 11.1. The highest BCUT2D eigenvalue weighted by Crippen LogP contribution is 2.34. The van der Waals surface area contributed by atoms with Crippen molar-refractivity contribution < 1.29 is 14.3 Å². The Morgan fingerprint density at radius 3 is 2.60 bits per heavy atom. The highest BCUT2D eigenvalue weighted by molar-refractivity contribution is 5.75. The zero-order valence-electron chi connectivity index (χ0n) is 9.63. The van der Waals surface area contributed by atoms with Gasteiger partial charge in [-0.3, -0.25) is 4.79 Å². The molecule has 0 aromatic carbocycles. The minimum Gasteiger partial charge on any atom is -0.460 e. The molecule has 0 saturated carbocycles. The summed E-state index contributed by atoms with van der Waals surface area (Å²) in [5.74, 6) is -0.124. The molecule has 2 aliphatic heterocycles. The second kappa shape index (κ2) is 3.46. The third kappa shape index (κ3) is 2.01. The summed E-state index contributed by atoms with van der Waals surface area (Å²) in [6, 6.07) is 0. The van der Waals surface area contributed by atoms with Gasteiger partial charge in [0.25, 0.3) is 0 Å². The van der Waals surface area contributed by atoms with Gasteiger partial charge in [0.05, 0.1) is 24.7 Å². The van der Waals surface area contributed by atoms with Crippen LogP contribution < -0.4 is 5.32 Å². The lowest BCUT2D eigenvalue weighted by atomic mass is 9.84. The fourth-order valence-electron chi connectivity index (χ4n) is 2.21. The van der Waals surface area contributed by atoms with Gasteiger partial charge in [-0.25, -0.2) is 0 Å². The third-order valence-corrected chi connectivity index (χ3v) is 2.99. The van der Waals surface area contributed by atoms with E-state index in [1.54, 1.807) is 0 Å². The van der Waals surface area contributed by atoms with E-state index in [4.69, 9.17) is 9.47 Å². The van der Waals surface area contributed by atoms with E-state index in [0.717, 1.165) is 13.0 Å². The van der Waals surface area contributed by atoms with Gasteiger partial charge in [0.15, 0.2) is 0 Å². The molecule has 1 atom stereocenters. The number of hydrogen-bond donors (Lipinski definition) is 1. The quantitative estimate of drug-likeness (QED) is 0.652. The maximum Gasteiger partial charge on any atom is 0.311 e. The van der Waals surface area contributed by atoms with Crippen LogP contribution in [0.5, 0.6) is 0 Å². The molecule has 1 N–H and O–H groups in total. The molecule has 2 fully saturated rings. The molecule has 0 aliphatic carbocycles. The highest BCUT2D eigenvalue weighted by Gasteiger charge is 2.53. The molecule has 1 unspecified atom stereocenters. The van der Waals surface area contributed by atoms with E-state index >= 15 is 0 Å². The van der Waals surface area contributed by atoms with Crippen LogP contribution in [0.1, 0.15) is 27.2 Å². The summed E-state index contributed by atoms with van der Waals surface area (Å²) in [4.78, 5) is 12.0. The van der Waals surface area contributed by atoms with Crippen molar-refractivity contribution in [1.29, 1.82) is 0 Å². The molecule has 15 heavy (non-hydrogen) atoms. The summed E-state index contributed by atoms with van der Waals surface area (Å²) in [5.41, 5.74) is -0.520. The van der Waals surface area contributed by atoms with E-state index in [9.17, 15) is 4.79 Å². The SMILES string of the molecule is CC(C)(C)OC(=O)C1CCNC12COC2. The molecule has 0 radical (unpaired) electrons. The summed E-state index contributed by atoms with van der Waals surface area (Å²) < 4.78 is 10.6. The zero-order valence-corrected chi connectivity index (χ0v) is 9.63. The lowest BCUT2D eigenvalue weighted by Gasteiger charge is -2.42. The van der Waals surface area contributed by atoms with Crippen molar-refractivity contribution in [1.82, 2.24) is 5.32 Å².